The number of nitrogens with one attached hydrogen (secondary N) is 1. The molecule has 0 aliphatic rings. The van der Waals surface area contributed by atoms with Crippen LogP contribution in [0.1, 0.15) is 17.9 Å². The standard InChI is InChI=1S/C17H19NO7S/c1-3-24-17(20)16(19)18-11-15(14-5-4-10-25-14)26(21,22)13-8-6-12(23-2)7-9-13/h4-10,15H,3,11H2,1-2H3,(H,18,19). The first-order chi connectivity index (χ1) is 12.4. The van der Waals surface area contributed by atoms with Crippen molar-refractivity contribution in [3.63, 3.8) is 0 Å². The highest BCUT2D eigenvalue weighted by Gasteiger charge is 2.32. The lowest BCUT2D eigenvalue weighted by Gasteiger charge is -2.16. The number of carbonyl (C=O) groups is 2. The Labute approximate surface area is 151 Å². The van der Waals surface area contributed by atoms with Crippen molar-refractivity contribution in [2.24, 2.45) is 0 Å². The van der Waals surface area contributed by atoms with Crippen LogP contribution in [0.4, 0.5) is 0 Å². The first-order valence-electron chi connectivity index (χ1n) is 7.76. The van der Waals surface area contributed by atoms with E-state index in [0.717, 1.165) is 0 Å². The summed E-state index contributed by atoms with van der Waals surface area (Å²) in [6.45, 7) is 1.25. The van der Waals surface area contributed by atoms with Crippen LogP contribution in [-0.4, -0.2) is 40.6 Å². The van der Waals surface area contributed by atoms with Crippen molar-refractivity contribution < 1.29 is 31.9 Å². The van der Waals surface area contributed by atoms with Gasteiger partial charge in [-0.15, -0.1) is 0 Å². The maximum atomic E-state index is 13.0. The molecule has 1 aromatic carbocycles. The number of hydrogen-bond acceptors (Lipinski definition) is 7. The molecule has 2 aromatic rings. The van der Waals surface area contributed by atoms with E-state index in [1.54, 1.807) is 13.0 Å². The molecule has 0 saturated carbocycles. The largest absolute Gasteiger partial charge is 0.497 e. The average Bonchev–Trinajstić information content (AvgIpc) is 3.16. The fraction of sp³-hybridized carbons (Fsp3) is 0.294. The van der Waals surface area contributed by atoms with E-state index < -0.39 is 27.0 Å². The van der Waals surface area contributed by atoms with Crippen molar-refractivity contribution in [1.82, 2.24) is 5.32 Å². The average molecular weight is 381 g/mol. The minimum Gasteiger partial charge on any atom is -0.497 e. The summed E-state index contributed by atoms with van der Waals surface area (Å²) in [5.41, 5.74) is 0. The van der Waals surface area contributed by atoms with Gasteiger partial charge in [0.1, 0.15) is 16.8 Å². The second-order valence-electron chi connectivity index (χ2n) is 5.16. The number of furan rings is 1. The van der Waals surface area contributed by atoms with Crippen LogP contribution in [0.15, 0.2) is 52.0 Å². The number of benzene rings is 1. The SMILES string of the molecule is CCOC(=O)C(=O)NCC(c1ccco1)S(=O)(=O)c1ccc(OC)cc1. The second kappa shape index (κ2) is 8.52. The van der Waals surface area contributed by atoms with Crippen LogP contribution in [-0.2, 0) is 24.2 Å². The molecule has 1 atom stereocenters. The van der Waals surface area contributed by atoms with E-state index in [2.05, 4.69) is 10.1 Å². The summed E-state index contributed by atoms with van der Waals surface area (Å²) in [5, 5.41) is 1.07. The molecule has 0 saturated heterocycles. The minimum atomic E-state index is -3.90. The third kappa shape index (κ3) is 4.42. The molecule has 0 radical (unpaired) electrons. The first-order valence-corrected chi connectivity index (χ1v) is 9.31. The topological polar surface area (TPSA) is 112 Å². The molecular weight excluding hydrogens is 362 g/mol. The van der Waals surface area contributed by atoms with E-state index in [1.807, 2.05) is 0 Å². The maximum absolute atomic E-state index is 13.0. The lowest BCUT2D eigenvalue weighted by Crippen LogP contribution is -2.37. The quantitative estimate of drug-likeness (QED) is 0.571. The van der Waals surface area contributed by atoms with Crippen LogP contribution in [0.2, 0.25) is 0 Å². The highest BCUT2D eigenvalue weighted by molar-refractivity contribution is 7.91. The Balaban J connectivity index is 2.26. The third-order valence-corrected chi connectivity index (χ3v) is 5.61. The molecule has 26 heavy (non-hydrogen) atoms. The van der Waals surface area contributed by atoms with E-state index >= 15 is 0 Å². The Morgan fingerprint density at radius 1 is 1.19 bits per heavy atom. The van der Waals surface area contributed by atoms with Gasteiger partial charge < -0.3 is 19.2 Å². The number of methoxy groups -OCH3 is 1. The highest BCUT2D eigenvalue weighted by Crippen LogP contribution is 2.29. The Kier molecular flexibility index (Phi) is 6.40. The molecule has 0 spiro atoms. The van der Waals surface area contributed by atoms with Crippen LogP contribution >= 0.6 is 0 Å². The first kappa shape index (κ1) is 19.5. The summed E-state index contributed by atoms with van der Waals surface area (Å²) in [5.74, 6) is -1.44. The molecule has 0 aliphatic carbocycles. The number of carbonyl (C=O) groups excluding carboxylic acids is 2. The number of amides is 1. The van der Waals surface area contributed by atoms with Gasteiger partial charge in [-0.05, 0) is 43.3 Å². The van der Waals surface area contributed by atoms with Crippen LogP contribution in [0.25, 0.3) is 0 Å². The molecule has 1 aromatic heterocycles. The molecule has 0 aliphatic heterocycles. The fourth-order valence-electron chi connectivity index (χ4n) is 2.22. The summed E-state index contributed by atoms with van der Waals surface area (Å²) < 4.78 is 40.8. The summed E-state index contributed by atoms with van der Waals surface area (Å²) in [6.07, 6.45) is 1.33. The van der Waals surface area contributed by atoms with Crippen LogP contribution in [0.3, 0.4) is 0 Å². The molecule has 1 unspecified atom stereocenters. The van der Waals surface area contributed by atoms with Gasteiger partial charge in [0.2, 0.25) is 0 Å². The van der Waals surface area contributed by atoms with E-state index in [4.69, 9.17) is 9.15 Å². The molecule has 2 rings (SSSR count). The van der Waals surface area contributed by atoms with Gasteiger partial charge in [-0.2, -0.15) is 0 Å². The van der Waals surface area contributed by atoms with Crippen LogP contribution in [0.5, 0.6) is 5.75 Å². The third-order valence-electron chi connectivity index (χ3n) is 3.53. The number of esters is 1. The second-order valence-corrected chi connectivity index (χ2v) is 7.29. The normalized spacial score (nSPS) is 12.2. The summed E-state index contributed by atoms with van der Waals surface area (Å²) in [6, 6.07) is 8.86. The van der Waals surface area contributed by atoms with Crippen molar-refractivity contribution in [1.29, 1.82) is 0 Å². The van der Waals surface area contributed by atoms with Crippen molar-refractivity contribution in [3.05, 3.63) is 48.4 Å². The smallest absolute Gasteiger partial charge is 0.396 e. The lowest BCUT2D eigenvalue weighted by atomic mass is 10.3. The predicted molar refractivity (Wildman–Crippen MR) is 91.3 cm³/mol. The number of hydrogen-bond donors (Lipinski definition) is 1. The fourth-order valence-corrected chi connectivity index (χ4v) is 3.81. The van der Waals surface area contributed by atoms with Gasteiger partial charge >= 0.3 is 11.9 Å². The Morgan fingerprint density at radius 3 is 2.42 bits per heavy atom. The van der Waals surface area contributed by atoms with Gasteiger partial charge in [-0.3, -0.25) is 4.79 Å². The molecule has 0 bridgehead atoms. The summed E-state index contributed by atoms with van der Waals surface area (Å²) >= 11 is 0. The van der Waals surface area contributed by atoms with E-state index in [9.17, 15) is 18.0 Å². The number of sulfone groups is 1. The van der Waals surface area contributed by atoms with Crippen molar-refractivity contribution in [2.75, 3.05) is 20.3 Å². The summed E-state index contributed by atoms with van der Waals surface area (Å²) in [7, 11) is -2.43. The summed E-state index contributed by atoms with van der Waals surface area (Å²) in [4.78, 5) is 23.2. The lowest BCUT2D eigenvalue weighted by molar-refractivity contribution is -0.154. The molecule has 9 heteroatoms. The predicted octanol–water partition coefficient (Wildman–Crippen LogP) is 1.48. The highest BCUT2D eigenvalue weighted by atomic mass is 32.2. The van der Waals surface area contributed by atoms with Crippen LogP contribution in [0, 0.1) is 0 Å². The zero-order valence-electron chi connectivity index (χ0n) is 14.3. The van der Waals surface area contributed by atoms with E-state index in [1.165, 1.54) is 43.7 Å². The van der Waals surface area contributed by atoms with E-state index in [-0.39, 0.29) is 23.8 Å². The molecule has 0 fully saturated rings. The van der Waals surface area contributed by atoms with Gasteiger partial charge in [0, 0.05) is 6.54 Å². The zero-order chi connectivity index (χ0) is 19.2. The molecule has 1 N–H and O–H groups in total. The Bertz CT molecular complexity index is 842. The maximum Gasteiger partial charge on any atom is 0.396 e. The van der Waals surface area contributed by atoms with Crippen molar-refractivity contribution in [2.45, 2.75) is 17.1 Å². The Morgan fingerprint density at radius 2 is 1.88 bits per heavy atom. The van der Waals surface area contributed by atoms with E-state index in [0.29, 0.717) is 5.75 Å². The van der Waals surface area contributed by atoms with Gasteiger partial charge in [0.15, 0.2) is 9.84 Å². The zero-order valence-corrected chi connectivity index (χ0v) is 15.1. The molecule has 8 nitrogen and oxygen atoms in total. The Hall–Kier alpha value is -2.81. The van der Waals surface area contributed by atoms with Crippen molar-refractivity contribution in [3.8, 4) is 5.75 Å². The van der Waals surface area contributed by atoms with Gasteiger partial charge in [0.25, 0.3) is 0 Å². The molecule has 1 heterocycles. The van der Waals surface area contributed by atoms with Crippen molar-refractivity contribution >= 4 is 21.7 Å². The number of rotatable bonds is 7. The molecule has 1 amide bonds. The molecule has 140 valence electrons. The van der Waals surface area contributed by atoms with Gasteiger partial charge in [-0.1, -0.05) is 0 Å². The monoisotopic (exact) mass is 381 g/mol. The van der Waals surface area contributed by atoms with Gasteiger partial charge in [0.05, 0.1) is 24.9 Å². The minimum absolute atomic E-state index is 0.0325. The number of ether oxygens (including phenoxy) is 2. The molecular formula is C17H19NO7S. The van der Waals surface area contributed by atoms with Crippen LogP contribution < -0.4 is 10.1 Å². The van der Waals surface area contributed by atoms with Gasteiger partial charge in [-0.25, -0.2) is 13.2 Å².